The van der Waals surface area contributed by atoms with E-state index in [0.717, 1.165) is 36.1 Å². The zero-order valence-electron chi connectivity index (χ0n) is 17.6. The summed E-state index contributed by atoms with van der Waals surface area (Å²) in [5, 5.41) is 2.97. The van der Waals surface area contributed by atoms with Crippen LogP contribution in [0.5, 0.6) is 0 Å². The molecule has 3 rings (SSSR count). The molecule has 0 saturated carbocycles. The van der Waals surface area contributed by atoms with Gasteiger partial charge in [0.25, 0.3) is 5.91 Å². The lowest BCUT2D eigenvalue weighted by atomic mass is 10.0. The van der Waals surface area contributed by atoms with Crippen LogP contribution >= 0.6 is 0 Å². The summed E-state index contributed by atoms with van der Waals surface area (Å²) in [6.45, 7) is 8.44. The van der Waals surface area contributed by atoms with Crippen molar-refractivity contribution in [1.29, 1.82) is 0 Å². The SMILES string of the molecule is Cc1ccc(S(=O)(=O)N2CCCCC2C)cc1C(=O)Nc1ccccc1C(C)C. The van der Waals surface area contributed by atoms with Crippen molar-refractivity contribution in [3.63, 3.8) is 0 Å². The fourth-order valence-corrected chi connectivity index (χ4v) is 5.60. The van der Waals surface area contributed by atoms with Crippen LogP contribution in [0.25, 0.3) is 0 Å². The molecular formula is C23H30N2O3S. The molecule has 1 atom stereocenters. The summed E-state index contributed by atoms with van der Waals surface area (Å²) in [6, 6.07) is 12.5. The Kier molecular flexibility index (Phi) is 6.44. The highest BCUT2D eigenvalue weighted by molar-refractivity contribution is 7.89. The molecule has 1 unspecified atom stereocenters. The lowest BCUT2D eigenvalue weighted by Crippen LogP contribution is -2.42. The minimum Gasteiger partial charge on any atom is -0.322 e. The summed E-state index contributed by atoms with van der Waals surface area (Å²) in [5.41, 5.74) is 2.93. The molecule has 1 heterocycles. The van der Waals surface area contributed by atoms with E-state index in [-0.39, 0.29) is 22.8 Å². The van der Waals surface area contributed by atoms with Gasteiger partial charge in [-0.2, -0.15) is 4.31 Å². The van der Waals surface area contributed by atoms with Crippen molar-refractivity contribution >= 4 is 21.6 Å². The second-order valence-electron chi connectivity index (χ2n) is 8.13. The van der Waals surface area contributed by atoms with E-state index >= 15 is 0 Å². The van der Waals surface area contributed by atoms with Crippen molar-refractivity contribution in [2.45, 2.75) is 63.8 Å². The summed E-state index contributed by atoms with van der Waals surface area (Å²) in [4.78, 5) is 13.2. The zero-order valence-corrected chi connectivity index (χ0v) is 18.4. The van der Waals surface area contributed by atoms with Gasteiger partial charge in [0.1, 0.15) is 0 Å². The number of anilines is 1. The first-order valence-corrected chi connectivity index (χ1v) is 11.7. The molecule has 1 amide bonds. The van der Waals surface area contributed by atoms with E-state index in [1.807, 2.05) is 38.1 Å². The number of carbonyl (C=O) groups excluding carboxylic acids is 1. The predicted molar refractivity (Wildman–Crippen MR) is 117 cm³/mol. The van der Waals surface area contributed by atoms with E-state index < -0.39 is 10.0 Å². The molecule has 2 aromatic rings. The summed E-state index contributed by atoms with van der Waals surface area (Å²) in [5.74, 6) is -0.0285. The fraction of sp³-hybridized carbons (Fsp3) is 0.435. The number of aryl methyl sites for hydroxylation is 1. The number of piperidine rings is 1. The van der Waals surface area contributed by atoms with Crippen LogP contribution in [-0.4, -0.2) is 31.2 Å². The number of rotatable bonds is 5. The van der Waals surface area contributed by atoms with Gasteiger partial charge in [-0.25, -0.2) is 8.42 Å². The van der Waals surface area contributed by atoms with E-state index in [0.29, 0.717) is 12.1 Å². The number of nitrogens with zero attached hydrogens (tertiary/aromatic N) is 1. The highest BCUT2D eigenvalue weighted by Crippen LogP contribution is 2.28. The molecular weight excluding hydrogens is 384 g/mol. The Labute approximate surface area is 174 Å². The summed E-state index contributed by atoms with van der Waals surface area (Å²) in [6.07, 6.45) is 2.78. The number of amides is 1. The zero-order chi connectivity index (χ0) is 21.2. The van der Waals surface area contributed by atoms with E-state index in [2.05, 4.69) is 19.2 Å². The standard InChI is InChI=1S/C23H30N2O3S/c1-16(2)20-10-5-6-11-22(20)24-23(26)21-15-19(13-12-17(21)3)29(27,28)25-14-8-7-9-18(25)4/h5-6,10-13,15-16,18H,7-9,14H2,1-4H3,(H,24,26). The number of hydrogen-bond donors (Lipinski definition) is 1. The molecule has 29 heavy (non-hydrogen) atoms. The summed E-state index contributed by atoms with van der Waals surface area (Å²) in [7, 11) is -3.63. The van der Waals surface area contributed by atoms with E-state index in [1.54, 1.807) is 16.4 Å². The van der Waals surface area contributed by atoms with Crippen LogP contribution in [0.15, 0.2) is 47.4 Å². The second kappa shape index (κ2) is 8.67. The molecule has 1 N–H and O–H groups in total. The Hall–Kier alpha value is -2.18. The number of hydrogen-bond acceptors (Lipinski definition) is 3. The Morgan fingerprint density at radius 3 is 2.55 bits per heavy atom. The number of nitrogens with one attached hydrogen (secondary N) is 1. The molecule has 1 aliphatic heterocycles. The van der Waals surface area contributed by atoms with Crippen molar-refractivity contribution in [1.82, 2.24) is 4.31 Å². The summed E-state index contributed by atoms with van der Waals surface area (Å²) >= 11 is 0. The van der Waals surface area contributed by atoms with Crippen LogP contribution in [0, 0.1) is 6.92 Å². The fourth-order valence-electron chi connectivity index (χ4n) is 3.87. The van der Waals surface area contributed by atoms with Gasteiger partial charge in [-0.1, -0.05) is 44.5 Å². The Balaban J connectivity index is 1.92. The first-order chi connectivity index (χ1) is 13.7. The predicted octanol–water partition coefficient (Wildman–Crippen LogP) is 4.93. The molecule has 0 aromatic heterocycles. The van der Waals surface area contributed by atoms with Gasteiger partial charge in [-0.15, -0.1) is 0 Å². The molecule has 0 aliphatic carbocycles. The van der Waals surface area contributed by atoms with Crippen LogP contribution in [-0.2, 0) is 10.0 Å². The number of para-hydroxylation sites is 1. The largest absolute Gasteiger partial charge is 0.322 e. The minimum absolute atomic E-state index is 0.0229. The molecule has 6 heteroatoms. The van der Waals surface area contributed by atoms with Crippen LogP contribution in [0.4, 0.5) is 5.69 Å². The molecule has 0 bridgehead atoms. The van der Waals surface area contributed by atoms with Crippen molar-refractivity contribution < 1.29 is 13.2 Å². The number of sulfonamides is 1. The van der Waals surface area contributed by atoms with E-state index in [4.69, 9.17) is 0 Å². The lowest BCUT2D eigenvalue weighted by molar-refractivity contribution is 0.102. The number of carbonyl (C=O) groups is 1. The molecule has 0 spiro atoms. The Bertz CT molecular complexity index is 999. The van der Waals surface area contributed by atoms with Crippen LogP contribution in [0.2, 0.25) is 0 Å². The van der Waals surface area contributed by atoms with Crippen molar-refractivity contribution in [2.75, 3.05) is 11.9 Å². The third-order valence-corrected chi connectivity index (χ3v) is 7.64. The average Bonchev–Trinajstić information content (AvgIpc) is 2.68. The van der Waals surface area contributed by atoms with E-state index in [9.17, 15) is 13.2 Å². The van der Waals surface area contributed by atoms with Crippen LogP contribution < -0.4 is 5.32 Å². The highest BCUT2D eigenvalue weighted by atomic mass is 32.2. The van der Waals surface area contributed by atoms with Crippen molar-refractivity contribution in [2.24, 2.45) is 0 Å². The van der Waals surface area contributed by atoms with Gasteiger partial charge in [-0.3, -0.25) is 4.79 Å². The lowest BCUT2D eigenvalue weighted by Gasteiger charge is -2.32. The molecule has 2 aromatic carbocycles. The van der Waals surface area contributed by atoms with Crippen LogP contribution in [0.3, 0.4) is 0 Å². The first kappa shape index (κ1) is 21.5. The highest BCUT2D eigenvalue weighted by Gasteiger charge is 2.31. The molecule has 156 valence electrons. The molecule has 1 aliphatic rings. The van der Waals surface area contributed by atoms with Gasteiger partial charge in [-0.05, 0) is 61.9 Å². The Morgan fingerprint density at radius 1 is 1.14 bits per heavy atom. The third kappa shape index (κ3) is 4.54. The maximum Gasteiger partial charge on any atom is 0.255 e. The van der Waals surface area contributed by atoms with Gasteiger partial charge < -0.3 is 5.32 Å². The summed E-state index contributed by atoms with van der Waals surface area (Å²) < 4.78 is 27.9. The average molecular weight is 415 g/mol. The van der Waals surface area contributed by atoms with Gasteiger partial charge in [0.15, 0.2) is 0 Å². The third-order valence-electron chi connectivity index (χ3n) is 5.63. The second-order valence-corrected chi connectivity index (χ2v) is 10.0. The topological polar surface area (TPSA) is 66.5 Å². The van der Waals surface area contributed by atoms with Gasteiger partial charge in [0.2, 0.25) is 10.0 Å². The molecule has 0 radical (unpaired) electrons. The Morgan fingerprint density at radius 2 is 1.86 bits per heavy atom. The smallest absolute Gasteiger partial charge is 0.255 e. The van der Waals surface area contributed by atoms with Gasteiger partial charge in [0, 0.05) is 23.8 Å². The maximum absolute atomic E-state index is 13.2. The quantitative estimate of drug-likeness (QED) is 0.754. The monoisotopic (exact) mass is 414 g/mol. The first-order valence-electron chi connectivity index (χ1n) is 10.2. The number of benzene rings is 2. The van der Waals surface area contributed by atoms with Gasteiger partial charge >= 0.3 is 0 Å². The van der Waals surface area contributed by atoms with Gasteiger partial charge in [0.05, 0.1) is 4.90 Å². The minimum atomic E-state index is -3.63. The normalized spacial score (nSPS) is 18.0. The van der Waals surface area contributed by atoms with Crippen molar-refractivity contribution in [3.8, 4) is 0 Å². The van der Waals surface area contributed by atoms with E-state index in [1.165, 1.54) is 6.07 Å². The molecule has 1 saturated heterocycles. The van der Waals surface area contributed by atoms with Crippen molar-refractivity contribution in [3.05, 3.63) is 59.2 Å². The van der Waals surface area contributed by atoms with Crippen LogP contribution in [0.1, 0.15) is 67.4 Å². The molecule has 5 nitrogen and oxygen atoms in total. The molecule has 1 fully saturated rings. The maximum atomic E-state index is 13.2.